The second-order valence-electron chi connectivity index (χ2n) is 4.92. The van der Waals surface area contributed by atoms with Gasteiger partial charge >= 0.3 is 0 Å². The van der Waals surface area contributed by atoms with Crippen molar-refractivity contribution in [3.63, 3.8) is 0 Å². The van der Waals surface area contributed by atoms with Crippen LogP contribution in [0, 0.1) is 5.41 Å². The van der Waals surface area contributed by atoms with Gasteiger partial charge in [0.1, 0.15) is 0 Å². The molecular weight excluding hydrogens is 228 g/mol. The molecule has 0 radical (unpaired) electrons. The molecule has 0 aliphatic carbocycles. The van der Waals surface area contributed by atoms with Gasteiger partial charge in [-0.15, -0.1) is 0 Å². The van der Waals surface area contributed by atoms with Gasteiger partial charge in [0, 0.05) is 21.7 Å². The Balaban J connectivity index is 2.81. The van der Waals surface area contributed by atoms with E-state index in [9.17, 15) is 4.79 Å². The molecule has 1 aromatic carbocycles. The van der Waals surface area contributed by atoms with Crippen molar-refractivity contribution < 1.29 is 4.79 Å². The number of nitrogens with one attached hydrogen (secondary N) is 1. The van der Waals surface area contributed by atoms with E-state index >= 15 is 0 Å². The molecule has 0 fully saturated rings. The average molecular weight is 244 g/mol. The number of azide groups is 1. The zero-order chi connectivity index (χ0) is 13.8. The third kappa shape index (κ3) is 3.64. The van der Waals surface area contributed by atoms with E-state index in [2.05, 4.69) is 21.9 Å². The van der Waals surface area contributed by atoms with Crippen LogP contribution in [0.5, 0.6) is 0 Å². The lowest BCUT2D eigenvalue weighted by molar-refractivity contribution is -0.123. The summed E-state index contributed by atoms with van der Waals surface area (Å²) in [7, 11) is 0. The summed E-state index contributed by atoms with van der Waals surface area (Å²) in [5, 5.41) is 6.23. The first-order valence-corrected chi connectivity index (χ1v) is 5.50. The maximum absolute atomic E-state index is 11.8. The van der Waals surface area contributed by atoms with Gasteiger partial charge in [-0.1, -0.05) is 44.6 Å². The molecular formula is C13H16N4O. The molecule has 0 aliphatic heterocycles. The Kier molecular flexibility index (Phi) is 4.13. The zero-order valence-electron chi connectivity index (χ0n) is 10.8. The number of hydrogen-bond donors (Lipinski definition) is 1. The number of rotatable bonds is 3. The predicted octanol–water partition coefficient (Wildman–Crippen LogP) is 3.95. The maximum atomic E-state index is 11.8. The molecule has 5 nitrogen and oxygen atoms in total. The van der Waals surface area contributed by atoms with Crippen LogP contribution in [0.3, 0.4) is 0 Å². The molecule has 94 valence electrons. The molecule has 1 N–H and O–H groups in total. The lowest BCUT2D eigenvalue weighted by Gasteiger charge is -2.17. The van der Waals surface area contributed by atoms with Gasteiger partial charge in [0.25, 0.3) is 0 Å². The number of anilines is 1. The van der Waals surface area contributed by atoms with Gasteiger partial charge in [0.05, 0.1) is 0 Å². The van der Waals surface area contributed by atoms with Crippen molar-refractivity contribution in [1.82, 2.24) is 0 Å². The fourth-order valence-electron chi connectivity index (χ4n) is 1.18. The Hall–Kier alpha value is -2.26. The molecule has 1 rings (SSSR count). The first-order valence-electron chi connectivity index (χ1n) is 5.50. The summed E-state index contributed by atoms with van der Waals surface area (Å²) in [6, 6.07) is 6.98. The highest BCUT2D eigenvalue weighted by Crippen LogP contribution is 2.20. The first kappa shape index (κ1) is 13.8. The van der Waals surface area contributed by atoms with Gasteiger partial charge in [0.15, 0.2) is 0 Å². The van der Waals surface area contributed by atoms with Crippen LogP contribution >= 0.6 is 0 Å². The third-order valence-electron chi connectivity index (χ3n) is 2.32. The minimum absolute atomic E-state index is 0.0517. The van der Waals surface area contributed by atoms with Crippen molar-refractivity contribution >= 4 is 17.3 Å². The second kappa shape index (κ2) is 5.38. The monoisotopic (exact) mass is 244 g/mol. The lowest BCUT2D eigenvalue weighted by Crippen LogP contribution is -2.27. The van der Waals surface area contributed by atoms with Crippen LogP contribution in [0.2, 0.25) is 0 Å². The first-order chi connectivity index (χ1) is 8.34. The number of carbonyl (C=O) groups excluding carboxylic acids is 1. The molecule has 1 aromatic rings. The van der Waals surface area contributed by atoms with Crippen LogP contribution in [0.15, 0.2) is 36.0 Å². The number of hydrogen-bond acceptors (Lipinski definition) is 2. The molecule has 0 aliphatic rings. The molecule has 0 unspecified atom stereocenters. The van der Waals surface area contributed by atoms with Gasteiger partial charge < -0.3 is 5.32 Å². The standard InChI is InChI=1S/C13H16N4O/c1-9(16-17-14)10-5-7-11(8-6-10)15-12(18)13(2,3)4/h5-8H,1H2,2-4H3,(H,15,18). The summed E-state index contributed by atoms with van der Waals surface area (Å²) in [5.41, 5.74) is 9.64. The van der Waals surface area contributed by atoms with Crippen LogP contribution in [-0.4, -0.2) is 5.91 Å². The van der Waals surface area contributed by atoms with Crippen LogP contribution in [0.4, 0.5) is 5.69 Å². The highest BCUT2D eigenvalue weighted by atomic mass is 16.2. The Labute approximate surface area is 106 Å². The molecule has 0 bridgehead atoms. The molecule has 0 heterocycles. The number of nitrogens with zero attached hydrogens (tertiary/aromatic N) is 3. The fraction of sp³-hybridized carbons (Fsp3) is 0.308. The number of amides is 1. The van der Waals surface area contributed by atoms with Crippen molar-refractivity contribution in [3.05, 3.63) is 46.9 Å². The van der Waals surface area contributed by atoms with Gasteiger partial charge in [-0.25, -0.2) is 0 Å². The van der Waals surface area contributed by atoms with E-state index in [0.717, 1.165) is 5.56 Å². The number of carbonyl (C=O) groups is 1. The smallest absolute Gasteiger partial charge is 0.229 e. The maximum Gasteiger partial charge on any atom is 0.229 e. The summed E-state index contributed by atoms with van der Waals surface area (Å²) in [4.78, 5) is 14.4. The topological polar surface area (TPSA) is 77.9 Å². The normalized spacial score (nSPS) is 10.4. The molecule has 0 saturated carbocycles. The van der Waals surface area contributed by atoms with E-state index in [0.29, 0.717) is 11.4 Å². The summed E-state index contributed by atoms with van der Waals surface area (Å²) >= 11 is 0. The summed E-state index contributed by atoms with van der Waals surface area (Å²) in [5.74, 6) is -0.0517. The molecule has 0 saturated heterocycles. The second-order valence-corrected chi connectivity index (χ2v) is 4.92. The molecule has 0 atom stereocenters. The Morgan fingerprint density at radius 2 is 1.89 bits per heavy atom. The molecule has 5 heteroatoms. The predicted molar refractivity (Wildman–Crippen MR) is 72.7 cm³/mol. The van der Waals surface area contributed by atoms with E-state index in [-0.39, 0.29) is 5.91 Å². The van der Waals surface area contributed by atoms with Crippen LogP contribution in [0.1, 0.15) is 26.3 Å². The largest absolute Gasteiger partial charge is 0.326 e. The summed E-state index contributed by atoms with van der Waals surface area (Å²) in [6.45, 7) is 9.18. The van der Waals surface area contributed by atoms with E-state index in [4.69, 9.17) is 5.53 Å². The Bertz CT molecular complexity index is 505. The zero-order valence-corrected chi connectivity index (χ0v) is 10.8. The minimum Gasteiger partial charge on any atom is -0.326 e. The van der Waals surface area contributed by atoms with Gasteiger partial charge in [-0.2, -0.15) is 0 Å². The van der Waals surface area contributed by atoms with E-state index in [1.165, 1.54) is 0 Å². The van der Waals surface area contributed by atoms with Crippen LogP contribution in [-0.2, 0) is 4.79 Å². The van der Waals surface area contributed by atoms with Crippen LogP contribution in [0.25, 0.3) is 16.1 Å². The Morgan fingerprint density at radius 1 is 1.33 bits per heavy atom. The highest BCUT2D eigenvalue weighted by Gasteiger charge is 2.20. The van der Waals surface area contributed by atoms with E-state index in [1.54, 1.807) is 24.3 Å². The van der Waals surface area contributed by atoms with Crippen LogP contribution < -0.4 is 5.32 Å². The van der Waals surface area contributed by atoms with Crippen molar-refractivity contribution in [2.45, 2.75) is 20.8 Å². The molecule has 0 aromatic heterocycles. The lowest BCUT2D eigenvalue weighted by atomic mass is 9.95. The molecule has 0 spiro atoms. The summed E-state index contributed by atoms with van der Waals surface area (Å²) < 4.78 is 0. The van der Waals surface area contributed by atoms with Crippen molar-refractivity contribution in [1.29, 1.82) is 0 Å². The van der Waals surface area contributed by atoms with Crippen molar-refractivity contribution in [2.24, 2.45) is 10.5 Å². The third-order valence-corrected chi connectivity index (χ3v) is 2.32. The molecule has 1 amide bonds. The summed E-state index contributed by atoms with van der Waals surface area (Å²) in [6.07, 6.45) is 0. The Morgan fingerprint density at radius 3 is 2.33 bits per heavy atom. The van der Waals surface area contributed by atoms with E-state index < -0.39 is 5.41 Å². The quantitative estimate of drug-likeness (QED) is 0.487. The SMILES string of the molecule is C=C(N=[N+]=[N-])c1ccc(NC(=O)C(C)(C)C)cc1. The van der Waals surface area contributed by atoms with Gasteiger partial charge in [0.2, 0.25) is 5.91 Å². The number of benzene rings is 1. The van der Waals surface area contributed by atoms with Crippen molar-refractivity contribution in [2.75, 3.05) is 5.32 Å². The highest BCUT2D eigenvalue weighted by molar-refractivity contribution is 5.94. The van der Waals surface area contributed by atoms with E-state index in [1.807, 2.05) is 20.8 Å². The van der Waals surface area contributed by atoms with Gasteiger partial charge in [-0.3, -0.25) is 4.79 Å². The fourth-order valence-corrected chi connectivity index (χ4v) is 1.18. The average Bonchev–Trinajstić information content (AvgIpc) is 2.29. The van der Waals surface area contributed by atoms with Gasteiger partial charge in [-0.05, 0) is 23.2 Å². The minimum atomic E-state index is -0.437. The van der Waals surface area contributed by atoms with Crippen molar-refractivity contribution in [3.8, 4) is 0 Å². The molecule has 18 heavy (non-hydrogen) atoms.